The van der Waals surface area contributed by atoms with E-state index in [0.717, 1.165) is 33.9 Å². The van der Waals surface area contributed by atoms with Crippen LogP contribution < -0.4 is 10.6 Å². The predicted molar refractivity (Wildman–Crippen MR) is 148 cm³/mol. The lowest BCUT2D eigenvalue weighted by atomic mass is 9.55. The maximum atomic E-state index is 13.8. The highest BCUT2D eigenvalue weighted by molar-refractivity contribution is 5.91. The van der Waals surface area contributed by atoms with Crippen LogP contribution in [0.15, 0.2) is 60.8 Å². The highest BCUT2D eigenvalue weighted by Gasteiger charge is 2.50. The molecule has 3 aromatic rings. The van der Waals surface area contributed by atoms with Crippen molar-refractivity contribution >= 4 is 22.9 Å². The third-order valence-electron chi connectivity index (χ3n) is 9.14. The summed E-state index contributed by atoms with van der Waals surface area (Å²) in [4.78, 5) is 30.4. The first-order valence-electron chi connectivity index (χ1n) is 14.1. The normalized spacial score (nSPS) is 28.0. The first kappa shape index (κ1) is 25.0. The van der Waals surface area contributed by atoms with Gasteiger partial charge in [0.05, 0.1) is 0 Å². The molecular formula is C32H38N3O3. The van der Waals surface area contributed by atoms with E-state index in [4.69, 9.17) is 4.74 Å². The van der Waals surface area contributed by atoms with E-state index in [2.05, 4.69) is 22.5 Å². The van der Waals surface area contributed by atoms with Crippen LogP contribution in [0.1, 0.15) is 50.2 Å². The molecule has 4 fully saturated rings. The Morgan fingerprint density at radius 1 is 1.00 bits per heavy atom. The summed E-state index contributed by atoms with van der Waals surface area (Å²) in [5, 5.41) is 7.11. The largest absolute Gasteiger partial charge is 0.446 e. The summed E-state index contributed by atoms with van der Waals surface area (Å²) in [5.74, 6) is 2.26. The topological polar surface area (TPSA) is 83.2 Å². The molecule has 2 atom stereocenters. The summed E-state index contributed by atoms with van der Waals surface area (Å²) < 4.78 is 6.13. The van der Waals surface area contributed by atoms with Crippen LogP contribution in [0.2, 0.25) is 0 Å². The number of alkyl carbamates (subject to hydrolysis) is 1. The Morgan fingerprint density at radius 3 is 2.37 bits per heavy atom. The minimum absolute atomic E-state index is 0.0399. The van der Waals surface area contributed by atoms with Crippen molar-refractivity contribution in [3.05, 3.63) is 78.8 Å². The number of nitrogens with one attached hydrogen (secondary N) is 3. The molecule has 6 heteroatoms. The van der Waals surface area contributed by atoms with Crippen LogP contribution in [-0.2, 0) is 22.4 Å². The average molecular weight is 513 g/mol. The van der Waals surface area contributed by atoms with Gasteiger partial charge in [-0.2, -0.15) is 0 Å². The van der Waals surface area contributed by atoms with Crippen molar-refractivity contribution in [2.75, 3.05) is 0 Å². The molecule has 4 aliphatic rings. The average Bonchev–Trinajstić information content (AvgIpc) is 3.28. The van der Waals surface area contributed by atoms with Gasteiger partial charge in [-0.15, -0.1) is 0 Å². The van der Waals surface area contributed by atoms with E-state index in [-0.39, 0.29) is 18.1 Å². The van der Waals surface area contributed by atoms with Crippen LogP contribution in [0, 0.1) is 30.6 Å². The van der Waals surface area contributed by atoms with Crippen LogP contribution in [-0.4, -0.2) is 34.7 Å². The number of carbonyl (C=O) groups is 2. The molecule has 7 rings (SSSR count). The number of H-pyrrole nitrogens is 1. The first-order valence-corrected chi connectivity index (χ1v) is 14.1. The lowest BCUT2D eigenvalue weighted by molar-refractivity contribution is -0.128. The molecule has 0 saturated heterocycles. The maximum Gasteiger partial charge on any atom is 0.408 e. The van der Waals surface area contributed by atoms with Crippen molar-refractivity contribution in [1.82, 2.24) is 15.6 Å². The molecular weight excluding hydrogens is 474 g/mol. The highest BCUT2D eigenvalue weighted by atomic mass is 16.6. The van der Waals surface area contributed by atoms with E-state index >= 15 is 0 Å². The second-order valence-corrected chi connectivity index (χ2v) is 12.2. The van der Waals surface area contributed by atoms with Crippen molar-refractivity contribution in [2.24, 2.45) is 23.7 Å². The highest BCUT2D eigenvalue weighted by Crippen LogP contribution is 2.54. The van der Waals surface area contributed by atoms with Crippen molar-refractivity contribution < 1.29 is 14.3 Å². The molecule has 2 amide bonds. The molecule has 199 valence electrons. The summed E-state index contributed by atoms with van der Waals surface area (Å²) in [5.41, 5.74) is 1.86. The first-order chi connectivity index (χ1) is 18.4. The summed E-state index contributed by atoms with van der Waals surface area (Å²) in [6, 6.07) is 17.6. The number of fused-ring (bicyclic) bond motifs is 1. The Balaban J connectivity index is 1.19. The van der Waals surface area contributed by atoms with Gasteiger partial charge in [0.1, 0.15) is 11.6 Å². The molecule has 0 aliphatic heterocycles. The quantitative estimate of drug-likeness (QED) is 0.368. The third kappa shape index (κ3) is 5.05. The predicted octanol–water partition coefficient (Wildman–Crippen LogP) is 5.58. The Kier molecular flexibility index (Phi) is 6.67. The second-order valence-electron chi connectivity index (χ2n) is 12.2. The molecule has 2 aromatic carbocycles. The van der Waals surface area contributed by atoms with Gasteiger partial charge in [0.2, 0.25) is 5.91 Å². The summed E-state index contributed by atoms with van der Waals surface area (Å²) in [6.45, 7) is 5.96. The van der Waals surface area contributed by atoms with Gasteiger partial charge < -0.3 is 20.4 Å². The fraction of sp³-hybridized carbons (Fsp3) is 0.469. The zero-order valence-corrected chi connectivity index (χ0v) is 22.1. The summed E-state index contributed by atoms with van der Waals surface area (Å²) in [7, 11) is 0. The van der Waals surface area contributed by atoms with Crippen LogP contribution >= 0.6 is 0 Å². The third-order valence-corrected chi connectivity index (χ3v) is 9.14. The number of ether oxygens (including phenoxy) is 1. The van der Waals surface area contributed by atoms with E-state index in [1.54, 1.807) is 6.92 Å². The fourth-order valence-electron chi connectivity index (χ4n) is 7.58. The fourth-order valence-corrected chi connectivity index (χ4v) is 7.58. The molecule has 1 aromatic heterocycles. The lowest BCUT2D eigenvalue weighted by Gasteiger charge is -2.53. The monoisotopic (exact) mass is 512 g/mol. The number of aromatic amines is 1. The molecule has 0 unspecified atom stereocenters. The van der Waals surface area contributed by atoms with Gasteiger partial charge in [0.15, 0.2) is 0 Å². The van der Waals surface area contributed by atoms with Gasteiger partial charge in [0, 0.05) is 29.6 Å². The molecule has 1 heterocycles. The van der Waals surface area contributed by atoms with E-state index in [0.29, 0.717) is 24.7 Å². The van der Waals surface area contributed by atoms with Gasteiger partial charge in [-0.25, -0.2) is 4.79 Å². The molecule has 4 bridgehead atoms. The number of amides is 2. The maximum absolute atomic E-state index is 13.8. The summed E-state index contributed by atoms with van der Waals surface area (Å²) in [6.07, 6.45) is 8.34. The number of benzene rings is 2. The molecule has 4 saturated carbocycles. The Morgan fingerprint density at radius 2 is 1.66 bits per heavy atom. The molecule has 3 N–H and O–H groups in total. The van der Waals surface area contributed by atoms with Crippen molar-refractivity contribution in [2.45, 2.75) is 69.6 Å². The van der Waals surface area contributed by atoms with Crippen LogP contribution in [0.3, 0.4) is 0 Å². The number of hydrogen-bond acceptors (Lipinski definition) is 3. The number of aromatic nitrogens is 1. The number of para-hydroxylation sites is 1. The Hall–Kier alpha value is -3.28. The minimum atomic E-state index is -1.21. The van der Waals surface area contributed by atoms with E-state index in [1.807, 2.05) is 60.8 Å². The van der Waals surface area contributed by atoms with Gasteiger partial charge in [-0.1, -0.05) is 48.5 Å². The van der Waals surface area contributed by atoms with Gasteiger partial charge in [-0.3, -0.25) is 4.79 Å². The van der Waals surface area contributed by atoms with Crippen LogP contribution in [0.25, 0.3) is 10.9 Å². The molecule has 6 nitrogen and oxygen atoms in total. The van der Waals surface area contributed by atoms with Gasteiger partial charge in [-0.05, 0) is 93.2 Å². The number of rotatable bonds is 8. The molecule has 0 spiro atoms. The van der Waals surface area contributed by atoms with Crippen molar-refractivity contribution in [3.63, 3.8) is 0 Å². The lowest BCUT2D eigenvalue weighted by Crippen LogP contribution is -2.61. The van der Waals surface area contributed by atoms with Crippen molar-refractivity contribution in [3.8, 4) is 0 Å². The zero-order chi connectivity index (χ0) is 26.3. The molecule has 38 heavy (non-hydrogen) atoms. The Bertz CT molecular complexity index is 1270. The van der Waals surface area contributed by atoms with E-state index in [9.17, 15) is 9.59 Å². The standard InChI is InChI=1S/C32H38N3O3/c1-20(12-21-8-4-3-5-9-21)34-30(36)32(2,18-26-19-33-28-11-7-6-10-27(26)28)35-31(37)38-29-24-14-22-13-23(16-24)17-25(29)15-22/h3-11,19-20,22-25,29,33H,1,12-18H2,2H3,(H,34,36)(H,35,37)/t20-,22?,23?,24?,25?,29?,32+/m0/s1. The van der Waals surface area contributed by atoms with Crippen molar-refractivity contribution in [1.29, 1.82) is 0 Å². The minimum Gasteiger partial charge on any atom is -0.446 e. The summed E-state index contributed by atoms with van der Waals surface area (Å²) >= 11 is 0. The zero-order valence-electron chi connectivity index (χ0n) is 22.1. The van der Waals surface area contributed by atoms with E-state index < -0.39 is 11.6 Å². The second kappa shape index (κ2) is 10.1. The molecule has 1 radical (unpaired) electrons. The number of carbonyl (C=O) groups excluding carboxylic acids is 2. The number of hydrogen-bond donors (Lipinski definition) is 3. The van der Waals surface area contributed by atoms with E-state index in [1.165, 1.54) is 32.1 Å². The SMILES string of the molecule is [CH2][C@@H](Cc1ccccc1)NC(=O)[C@@](C)(Cc1c[nH]c2ccccc12)NC(=O)OC1C2CC3CC(C2)CC1C3. The van der Waals surface area contributed by atoms with Crippen LogP contribution in [0.4, 0.5) is 4.79 Å². The van der Waals surface area contributed by atoms with Gasteiger partial charge >= 0.3 is 6.09 Å². The molecule has 4 aliphatic carbocycles. The smallest absolute Gasteiger partial charge is 0.408 e. The van der Waals surface area contributed by atoms with Gasteiger partial charge in [0.25, 0.3) is 0 Å². The van der Waals surface area contributed by atoms with Crippen LogP contribution in [0.5, 0.6) is 0 Å². The Labute approximate surface area is 224 Å².